The molecular formula is C44H30F3N2P. The fourth-order valence-corrected chi connectivity index (χ4v) is 10.4. The Morgan fingerprint density at radius 3 is 1.22 bits per heavy atom. The standard InChI is InChI=1S/C44H30F3N2P/c1-50(33-22-20-30(21-23-33)44(45,46)47,34-24-26-42-38(28-34)36-16-8-10-18-40(36)48(42)31-12-4-2-5-13-31)35-25-27-43-39(29-35)37-17-9-11-19-41(37)49(43)32-14-6-3-7-15-32/h2-29H,1H2. The van der Waals surface area contributed by atoms with Crippen LogP contribution in [0.1, 0.15) is 5.56 Å². The topological polar surface area (TPSA) is 9.86 Å². The van der Waals surface area contributed by atoms with Crippen LogP contribution in [0, 0.1) is 0 Å². The number of aromatic nitrogens is 2. The molecule has 0 spiro atoms. The van der Waals surface area contributed by atoms with Crippen molar-refractivity contribution in [2.75, 3.05) is 0 Å². The van der Waals surface area contributed by atoms with Crippen molar-refractivity contribution in [1.82, 2.24) is 9.13 Å². The molecule has 0 saturated carbocycles. The number of benzene rings is 7. The summed E-state index contributed by atoms with van der Waals surface area (Å²) in [6.07, 6.45) is 0.559. The number of para-hydroxylation sites is 4. The minimum Gasteiger partial charge on any atom is -0.309 e. The molecule has 0 bridgehead atoms. The molecule has 0 unspecified atom stereocenters. The fraction of sp³-hybridized carbons (Fsp3) is 0.0227. The van der Waals surface area contributed by atoms with Crippen molar-refractivity contribution < 1.29 is 13.2 Å². The molecule has 242 valence electrons. The molecule has 0 aliphatic carbocycles. The van der Waals surface area contributed by atoms with Gasteiger partial charge in [0.05, 0.1) is 27.6 Å². The van der Waals surface area contributed by atoms with E-state index in [9.17, 15) is 13.2 Å². The Kier molecular flexibility index (Phi) is 6.91. The van der Waals surface area contributed by atoms with Crippen molar-refractivity contribution in [2.24, 2.45) is 0 Å². The van der Waals surface area contributed by atoms with Gasteiger partial charge in [0.2, 0.25) is 0 Å². The molecule has 6 heteroatoms. The Morgan fingerprint density at radius 2 is 0.780 bits per heavy atom. The number of alkyl halides is 3. The first-order chi connectivity index (χ1) is 24.3. The van der Waals surface area contributed by atoms with Crippen LogP contribution >= 0.6 is 6.89 Å². The van der Waals surface area contributed by atoms with Gasteiger partial charge in [-0.3, -0.25) is 0 Å². The van der Waals surface area contributed by atoms with Gasteiger partial charge in [-0.1, -0.05) is 103 Å². The third kappa shape index (κ3) is 4.65. The quantitative estimate of drug-likeness (QED) is 0.161. The smallest absolute Gasteiger partial charge is 0.309 e. The first-order valence-electron chi connectivity index (χ1n) is 16.4. The van der Waals surface area contributed by atoms with Crippen LogP contribution in [0.3, 0.4) is 0 Å². The predicted octanol–water partition coefficient (Wildman–Crippen LogP) is 10.6. The van der Waals surface area contributed by atoms with Crippen LogP contribution < -0.4 is 15.9 Å². The lowest BCUT2D eigenvalue weighted by Crippen LogP contribution is -2.26. The third-order valence-electron chi connectivity index (χ3n) is 9.86. The second-order valence-corrected chi connectivity index (χ2v) is 15.8. The van der Waals surface area contributed by atoms with Crippen molar-refractivity contribution in [2.45, 2.75) is 6.18 Å². The fourth-order valence-electron chi connectivity index (χ4n) is 7.46. The summed E-state index contributed by atoms with van der Waals surface area (Å²) < 4.78 is 45.9. The third-order valence-corrected chi connectivity index (χ3v) is 13.4. The molecule has 2 heterocycles. The monoisotopic (exact) mass is 674 g/mol. The molecule has 2 aromatic heterocycles. The normalized spacial score (nSPS) is 12.4. The van der Waals surface area contributed by atoms with Gasteiger partial charge < -0.3 is 9.13 Å². The van der Waals surface area contributed by atoms with E-state index in [2.05, 4.69) is 94.1 Å². The lowest BCUT2D eigenvalue weighted by Gasteiger charge is -2.27. The van der Waals surface area contributed by atoms with Crippen molar-refractivity contribution >= 4 is 72.7 Å². The van der Waals surface area contributed by atoms with E-state index in [0.29, 0.717) is 0 Å². The van der Waals surface area contributed by atoms with E-state index in [-0.39, 0.29) is 0 Å². The van der Waals surface area contributed by atoms with Crippen molar-refractivity contribution in [3.63, 3.8) is 0 Å². The van der Waals surface area contributed by atoms with Gasteiger partial charge in [-0.15, -0.1) is 0 Å². The van der Waals surface area contributed by atoms with Gasteiger partial charge in [-0.25, -0.2) is 0 Å². The first-order valence-corrected chi connectivity index (χ1v) is 18.4. The summed E-state index contributed by atoms with van der Waals surface area (Å²) in [5.41, 5.74) is 5.74. The van der Waals surface area contributed by atoms with Crippen LogP contribution in [0.25, 0.3) is 55.0 Å². The van der Waals surface area contributed by atoms with Crippen LogP contribution in [0.5, 0.6) is 0 Å². The average molecular weight is 675 g/mol. The zero-order chi connectivity index (χ0) is 34.0. The molecule has 0 aliphatic rings. The Balaban J connectivity index is 1.32. The summed E-state index contributed by atoms with van der Waals surface area (Å²) in [6.45, 7) is -2.72. The van der Waals surface area contributed by atoms with Crippen LogP contribution in [-0.2, 0) is 6.18 Å². The highest BCUT2D eigenvalue weighted by molar-refractivity contribution is 7.93. The molecule has 0 fully saturated rings. The van der Waals surface area contributed by atoms with E-state index in [0.717, 1.165) is 70.9 Å². The largest absolute Gasteiger partial charge is 0.416 e. The number of halogens is 3. The van der Waals surface area contributed by atoms with Crippen LogP contribution in [-0.4, -0.2) is 15.4 Å². The summed E-state index contributed by atoms with van der Waals surface area (Å²) in [5, 5.41) is 7.12. The van der Waals surface area contributed by atoms with E-state index >= 15 is 0 Å². The maximum absolute atomic E-state index is 13.8. The van der Waals surface area contributed by atoms with Gasteiger partial charge in [-0.2, -0.15) is 13.2 Å². The molecule has 0 saturated heterocycles. The number of rotatable bonds is 5. The Labute approximate surface area is 287 Å². The van der Waals surface area contributed by atoms with E-state index in [4.69, 9.17) is 6.30 Å². The Morgan fingerprint density at radius 1 is 0.400 bits per heavy atom. The number of hydrogen-bond donors (Lipinski definition) is 0. The first kappa shape index (κ1) is 30.3. The summed E-state index contributed by atoms with van der Waals surface area (Å²) in [5.74, 6) is 0. The summed E-state index contributed by atoms with van der Waals surface area (Å²) in [7, 11) is 0. The Hall–Kier alpha value is -5.77. The molecule has 0 radical (unpaired) electrons. The van der Waals surface area contributed by atoms with Crippen molar-refractivity contribution in [1.29, 1.82) is 0 Å². The van der Waals surface area contributed by atoms with Gasteiger partial charge in [0.1, 0.15) is 0 Å². The van der Waals surface area contributed by atoms with E-state index in [1.54, 1.807) is 12.1 Å². The highest BCUT2D eigenvalue weighted by Gasteiger charge is 2.32. The maximum Gasteiger partial charge on any atom is 0.416 e. The molecule has 0 amide bonds. The van der Waals surface area contributed by atoms with E-state index in [1.165, 1.54) is 12.1 Å². The summed E-state index contributed by atoms with van der Waals surface area (Å²) in [4.78, 5) is 0. The van der Waals surface area contributed by atoms with Gasteiger partial charge in [0, 0.05) is 32.9 Å². The summed E-state index contributed by atoms with van der Waals surface area (Å²) >= 11 is 0. The van der Waals surface area contributed by atoms with Crippen LogP contribution in [0.4, 0.5) is 13.2 Å². The zero-order valence-corrected chi connectivity index (χ0v) is 27.7. The lowest BCUT2D eigenvalue weighted by atomic mass is 10.1. The van der Waals surface area contributed by atoms with Gasteiger partial charge in [-0.05, 0) is 95.6 Å². The SMILES string of the molecule is C=P(c1ccc(C(F)(F)F)cc1)(c1ccc2c(c1)c1ccccc1n2-c1ccccc1)c1ccc2c(c1)c1ccccc1n2-c1ccccc1. The highest BCUT2D eigenvalue weighted by atomic mass is 31.2. The second kappa shape index (κ2) is 11.4. The van der Waals surface area contributed by atoms with Crippen molar-refractivity contribution in [3.05, 3.63) is 175 Å². The molecule has 0 N–H and O–H groups in total. The average Bonchev–Trinajstić information content (AvgIpc) is 3.67. The minimum absolute atomic E-state index is 0.671. The number of nitrogens with zero attached hydrogens (tertiary/aromatic N) is 2. The van der Waals surface area contributed by atoms with Gasteiger partial charge in [0.25, 0.3) is 0 Å². The number of fused-ring (bicyclic) bond motifs is 6. The van der Waals surface area contributed by atoms with E-state index in [1.807, 2.05) is 60.7 Å². The van der Waals surface area contributed by atoms with Crippen LogP contribution in [0.15, 0.2) is 170 Å². The summed E-state index contributed by atoms with van der Waals surface area (Å²) in [6, 6.07) is 55.8. The molecule has 9 rings (SSSR count). The Bertz CT molecular complexity index is 2600. The maximum atomic E-state index is 13.8. The zero-order valence-electron chi connectivity index (χ0n) is 26.8. The molecule has 2 nitrogen and oxygen atoms in total. The second-order valence-electron chi connectivity index (χ2n) is 12.6. The lowest BCUT2D eigenvalue weighted by molar-refractivity contribution is -0.137. The molecule has 0 atom stereocenters. The molecule has 0 aliphatic heterocycles. The highest BCUT2D eigenvalue weighted by Crippen LogP contribution is 2.46. The molecule has 50 heavy (non-hydrogen) atoms. The minimum atomic E-state index is -4.43. The van der Waals surface area contributed by atoms with Crippen molar-refractivity contribution in [3.8, 4) is 11.4 Å². The number of hydrogen-bond acceptors (Lipinski definition) is 0. The molecule has 9 aromatic rings. The molecular weight excluding hydrogens is 644 g/mol. The molecule has 7 aromatic carbocycles. The van der Waals surface area contributed by atoms with Crippen LogP contribution in [0.2, 0.25) is 0 Å². The van der Waals surface area contributed by atoms with Gasteiger partial charge >= 0.3 is 6.18 Å². The van der Waals surface area contributed by atoms with E-state index < -0.39 is 18.6 Å². The predicted molar refractivity (Wildman–Crippen MR) is 206 cm³/mol. The van der Waals surface area contributed by atoms with Gasteiger partial charge in [0.15, 0.2) is 0 Å².